The first-order chi connectivity index (χ1) is 8.67. The molecular weight excluding hydrogens is 270 g/mol. The summed E-state index contributed by atoms with van der Waals surface area (Å²) in [6, 6.07) is 5.06. The minimum atomic E-state index is -0.230. The van der Waals surface area contributed by atoms with Gasteiger partial charge in [0, 0.05) is 22.8 Å². The van der Waals surface area contributed by atoms with Gasteiger partial charge in [0.1, 0.15) is 6.61 Å². The third-order valence-corrected chi connectivity index (χ3v) is 2.94. The van der Waals surface area contributed by atoms with Crippen molar-refractivity contribution >= 4 is 35.0 Å². The van der Waals surface area contributed by atoms with Gasteiger partial charge in [-0.05, 0) is 24.5 Å². The molecule has 1 rings (SSSR count). The van der Waals surface area contributed by atoms with E-state index in [1.165, 1.54) is 0 Å². The maximum atomic E-state index is 11.6. The second kappa shape index (κ2) is 8.04. The zero-order valence-electron chi connectivity index (χ0n) is 10.00. The molecule has 0 aliphatic heterocycles. The minimum absolute atomic E-state index is 0.0567. The molecular formula is C13H14ClNO2S. The normalized spacial score (nSPS) is 9.50. The highest BCUT2D eigenvalue weighted by Gasteiger charge is 2.06. The van der Waals surface area contributed by atoms with Crippen molar-refractivity contribution in [1.29, 1.82) is 0 Å². The summed E-state index contributed by atoms with van der Waals surface area (Å²) in [7, 11) is 0. The Morgan fingerprint density at radius 2 is 2.33 bits per heavy atom. The lowest BCUT2D eigenvalue weighted by Gasteiger charge is -2.07. The van der Waals surface area contributed by atoms with Crippen molar-refractivity contribution in [3.8, 4) is 11.8 Å². The number of hydrogen-bond acceptors (Lipinski definition) is 3. The van der Waals surface area contributed by atoms with Crippen LogP contribution in [0.5, 0.6) is 0 Å². The number of rotatable bonds is 4. The van der Waals surface area contributed by atoms with E-state index in [9.17, 15) is 4.79 Å². The zero-order chi connectivity index (χ0) is 13.4. The van der Waals surface area contributed by atoms with Gasteiger partial charge in [-0.2, -0.15) is 11.8 Å². The summed E-state index contributed by atoms with van der Waals surface area (Å²) in [6.45, 7) is -0.230. The standard InChI is InChI=1S/C13H14ClNO2S/c1-18-8-6-13(17)15-12-5-4-11(14)9-10(12)3-2-7-16/h4-5,9,16H,6-8H2,1H3,(H,15,17). The van der Waals surface area contributed by atoms with E-state index in [4.69, 9.17) is 16.7 Å². The summed E-state index contributed by atoms with van der Waals surface area (Å²) in [4.78, 5) is 11.6. The van der Waals surface area contributed by atoms with Crippen LogP contribution in [0.25, 0.3) is 0 Å². The number of anilines is 1. The van der Waals surface area contributed by atoms with Crippen molar-refractivity contribution in [1.82, 2.24) is 0 Å². The Hall–Kier alpha value is -1.15. The Balaban J connectivity index is 2.84. The van der Waals surface area contributed by atoms with E-state index in [1.54, 1.807) is 30.0 Å². The molecule has 5 heteroatoms. The molecule has 0 heterocycles. The number of carbonyl (C=O) groups excluding carboxylic acids is 1. The molecule has 0 bridgehead atoms. The quantitative estimate of drug-likeness (QED) is 0.834. The maximum absolute atomic E-state index is 11.6. The molecule has 18 heavy (non-hydrogen) atoms. The van der Waals surface area contributed by atoms with Crippen LogP contribution in [0.1, 0.15) is 12.0 Å². The fourth-order valence-corrected chi connectivity index (χ4v) is 1.83. The third kappa shape index (κ3) is 5.01. The van der Waals surface area contributed by atoms with Crippen molar-refractivity contribution in [3.63, 3.8) is 0 Å². The number of halogens is 1. The van der Waals surface area contributed by atoms with Crippen LogP contribution in [0.4, 0.5) is 5.69 Å². The van der Waals surface area contributed by atoms with Gasteiger partial charge in [-0.3, -0.25) is 4.79 Å². The van der Waals surface area contributed by atoms with Gasteiger partial charge in [-0.25, -0.2) is 0 Å². The van der Waals surface area contributed by atoms with Gasteiger partial charge in [0.05, 0.1) is 5.69 Å². The first-order valence-electron chi connectivity index (χ1n) is 5.35. The first kappa shape index (κ1) is 14.9. The fraction of sp³-hybridized carbons (Fsp3) is 0.308. The van der Waals surface area contributed by atoms with Crippen LogP contribution >= 0.6 is 23.4 Å². The van der Waals surface area contributed by atoms with E-state index in [0.717, 1.165) is 5.75 Å². The van der Waals surface area contributed by atoms with Gasteiger partial charge in [0.25, 0.3) is 0 Å². The molecule has 2 N–H and O–H groups in total. The SMILES string of the molecule is CSCCC(=O)Nc1ccc(Cl)cc1C#CCO. The molecule has 0 unspecified atom stereocenters. The van der Waals surface area contributed by atoms with Crippen LogP contribution in [0.3, 0.4) is 0 Å². The topological polar surface area (TPSA) is 49.3 Å². The van der Waals surface area contributed by atoms with Crippen LogP contribution in [-0.2, 0) is 4.79 Å². The Kier molecular flexibility index (Phi) is 6.66. The molecule has 0 aromatic heterocycles. The molecule has 96 valence electrons. The van der Waals surface area contributed by atoms with Crippen LogP contribution in [0.15, 0.2) is 18.2 Å². The van der Waals surface area contributed by atoms with Gasteiger partial charge >= 0.3 is 0 Å². The summed E-state index contributed by atoms with van der Waals surface area (Å²) < 4.78 is 0. The van der Waals surface area contributed by atoms with Gasteiger partial charge < -0.3 is 10.4 Å². The minimum Gasteiger partial charge on any atom is -0.384 e. The van der Waals surface area contributed by atoms with Crippen LogP contribution in [0, 0.1) is 11.8 Å². The van der Waals surface area contributed by atoms with E-state index in [0.29, 0.717) is 22.7 Å². The molecule has 1 aromatic rings. The van der Waals surface area contributed by atoms with Crippen LogP contribution in [0.2, 0.25) is 5.02 Å². The van der Waals surface area contributed by atoms with E-state index in [2.05, 4.69) is 17.2 Å². The molecule has 1 aromatic carbocycles. The summed E-state index contributed by atoms with van der Waals surface area (Å²) in [5.74, 6) is 6.02. The van der Waals surface area contributed by atoms with Crippen molar-refractivity contribution in [2.45, 2.75) is 6.42 Å². The molecule has 1 amide bonds. The van der Waals surface area contributed by atoms with Crippen molar-refractivity contribution in [2.75, 3.05) is 23.9 Å². The zero-order valence-corrected chi connectivity index (χ0v) is 11.6. The Bertz CT molecular complexity index is 480. The Labute approximate surface area is 116 Å². The second-order valence-electron chi connectivity index (χ2n) is 3.44. The van der Waals surface area contributed by atoms with Gasteiger partial charge in [-0.1, -0.05) is 23.4 Å². The number of carbonyl (C=O) groups is 1. The van der Waals surface area contributed by atoms with Crippen molar-refractivity contribution in [2.24, 2.45) is 0 Å². The lowest BCUT2D eigenvalue weighted by atomic mass is 10.1. The van der Waals surface area contributed by atoms with E-state index in [-0.39, 0.29) is 12.5 Å². The number of aliphatic hydroxyl groups excluding tert-OH is 1. The van der Waals surface area contributed by atoms with Gasteiger partial charge in [0.2, 0.25) is 5.91 Å². The van der Waals surface area contributed by atoms with E-state index < -0.39 is 0 Å². The molecule has 0 aliphatic carbocycles. The number of amides is 1. The highest BCUT2D eigenvalue weighted by molar-refractivity contribution is 7.98. The summed E-state index contributed by atoms with van der Waals surface area (Å²) in [6.07, 6.45) is 2.41. The summed E-state index contributed by atoms with van der Waals surface area (Å²) >= 11 is 7.49. The average molecular weight is 284 g/mol. The lowest BCUT2D eigenvalue weighted by molar-refractivity contribution is -0.115. The average Bonchev–Trinajstić information content (AvgIpc) is 2.36. The lowest BCUT2D eigenvalue weighted by Crippen LogP contribution is -2.13. The molecule has 0 atom stereocenters. The van der Waals surface area contributed by atoms with E-state index in [1.807, 2.05) is 6.26 Å². The molecule has 0 aliphatic rings. The number of nitrogens with one attached hydrogen (secondary N) is 1. The fourth-order valence-electron chi connectivity index (χ4n) is 1.27. The Morgan fingerprint density at radius 3 is 3.00 bits per heavy atom. The molecule has 0 fully saturated rings. The summed E-state index contributed by atoms with van der Waals surface area (Å²) in [5.41, 5.74) is 1.22. The number of benzene rings is 1. The van der Waals surface area contributed by atoms with Crippen LogP contribution < -0.4 is 5.32 Å². The highest BCUT2D eigenvalue weighted by Crippen LogP contribution is 2.20. The molecule has 3 nitrogen and oxygen atoms in total. The van der Waals surface area contributed by atoms with Crippen LogP contribution in [-0.4, -0.2) is 29.6 Å². The molecule has 0 saturated carbocycles. The number of thioether (sulfide) groups is 1. The predicted molar refractivity (Wildman–Crippen MR) is 77.0 cm³/mol. The maximum Gasteiger partial charge on any atom is 0.225 e. The largest absolute Gasteiger partial charge is 0.384 e. The number of hydrogen-bond donors (Lipinski definition) is 2. The second-order valence-corrected chi connectivity index (χ2v) is 4.86. The molecule has 0 spiro atoms. The first-order valence-corrected chi connectivity index (χ1v) is 7.12. The molecule has 0 radical (unpaired) electrons. The smallest absolute Gasteiger partial charge is 0.225 e. The van der Waals surface area contributed by atoms with Gasteiger partial charge in [-0.15, -0.1) is 0 Å². The monoisotopic (exact) mass is 283 g/mol. The number of aliphatic hydroxyl groups is 1. The van der Waals surface area contributed by atoms with E-state index >= 15 is 0 Å². The van der Waals surface area contributed by atoms with Gasteiger partial charge in [0.15, 0.2) is 0 Å². The molecule has 0 saturated heterocycles. The predicted octanol–water partition coefficient (Wildman–Crippen LogP) is 2.38. The third-order valence-electron chi connectivity index (χ3n) is 2.09. The van der Waals surface area contributed by atoms with Crippen molar-refractivity contribution < 1.29 is 9.90 Å². The Morgan fingerprint density at radius 1 is 1.56 bits per heavy atom. The highest BCUT2D eigenvalue weighted by atomic mass is 35.5. The van der Waals surface area contributed by atoms with Crippen molar-refractivity contribution in [3.05, 3.63) is 28.8 Å². The summed E-state index contributed by atoms with van der Waals surface area (Å²) in [5, 5.41) is 12.0.